The van der Waals surface area contributed by atoms with Gasteiger partial charge in [0.1, 0.15) is 12.6 Å². The molecule has 0 unspecified atom stereocenters. The second-order valence-corrected chi connectivity index (χ2v) is 11.8. The average Bonchev–Trinajstić information content (AvgIpc) is 2.87. The number of halogens is 3. The first-order chi connectivity index (χ1) is 17.9. The number of benzene rings is 3. The van der Waals surface area contributed by atoms with Crippen LogP contribution in [0.1, 0.15) is 25.0 Å². The lowest BCUT2D eigenvalue weighted by Crippen LogP contribution is -2.51. The molecule has 0 aliphatic carbocycles. The second kappa shape index (κ2) is 12.8. The van der Waals surface area contributed by atoms with Gasteiger partial charge in [-0.05, 0) is 80.4 Å². The number of amides is 2. The van der Waals surface area contributed by atoms with Crippen LogP contribution < -0.4 is 9.62 Å². The lowest BCUT2D eigenvalue weighted by molar-refractivity contribution is -0.139. The number of likely N-dealkylation sites (N-methyl/N-ethyl adjacent to an activating group) is 1. The van der Waals surface area contributed by atoms with Crippen molar-refractivity contribution in [3.63, 3.8) is 0 Å². The first-order valence-corrected chi connectivity index (χ1v) is 14.4. The molecule has 1 atom stereocenters. The zero-order chi connectivity index (χ0) is 28.0. The maximum Gasteiger partial charge on any atom is 0.264 e. The minimum Gasteiger partial charge on any atom is -0.355 e. The summed E-state index contributed by atoms with van der Waals surface area (Å²) in [6, 6.07) is 16.6. The molecule has 202 valence electrons. The van der Waals surface area contributed by atoms with Crippen molar-refractivity contribution < 1.29 is 18.0 Å². The van der Waals surface area contributed by atoms with E-state index in [2.05, 4.69) is 5.32 Å². The third kappa shape index (κ3) is 7.20. The highest BCUT2D eigenvalue weighted by atomic mass is 35.5. The van der Waals surface area contributed by atoms with Crippen LogP contribution in [0.3, 0.4) is 0 Å². The summed E-state index contributed by atoms with van der Waals surface area (Å²) in [5, 5.41) is 3.75. The summed E-state index contributed by atoms with van der Waals surface area (Å²) in [5.41, 5.74) is 1.76. The molecule has 0 aliphatic heterocycles. The van der Waals surface area contributed by atoms with Gasteiger partial charge in [0.05, 0.1) is 20.6 Å². The number of anilines is 1. The van der Waals surface area contributed by atoms with Crippen molar-refractivity contribution in [2.24, 2.45) is 0 Å². The van der Waals surface area contributed by atoms with Crippen LogP contribution in [-0.4, -0.2) is 44.3 Å². The zero-order valence-corrected chi connectivity index (χ0v) is 24.2. The molecule has 0 saturated carbocycles. The fourth-order valence-electron chi connectivity index (χ4n) is 3.78. The quantitative estimate of drug-likeness (QED) is 0.325. The molecule has 1 N–H and O–H groups in total. The van der Waals surface area contributed by atoms with E-state index < -0.39 is 28.5 Å². The van der Waals surface area contributed by atoms with Gasteiger partial charge in [-0.15, -0.1) is 0 Å². The van der Waals surface area contributed by atoms with Crippen molar-refractivity contribution in [2.45, 2.75) is 38.3 Å². The molecule has 0 heterocycles. The molecule has 0 aliphatic rings. The van der Waals surface area contributed by atoms with Gasteiger partial charge in [0.25, 0.3) is 10.0 Å². The molecule has 3 rings (SSSR count). The Kier molecular flexibility index (Phi) is 10.1. The van der Waals surface area contributed by atoms with E-state index in [-0.39, 0.29) is 17.3 Å². The highest BCUT2D eigenvalue weighted by Crippen LogP contribution is 2.27. The van der Waals surface area contributed by atoms with E-state index in [0.717, 1.165) is 9.87 Å². The third-order valence-corrected chi connectivity index (χ3v) is 8.60. The van der Waals surface area contributed by atoms with Crippen LogP contribution in [-0.2, 0) is 26.2 Å². The van der Waals surface area contributed by atoms with E-state index in [1.807, 2.05) is 13.0 Å². The second-order valence-electron chi connectivity index (χ2n) is 8.65. The molecule has 38 heavy (non-hydrogen) atoms. The number of rotatable bonds is 10. The Hall–Kier alpha value is -2.78. The highest BCUT2D eigenvalue weighted by Gasteiger charge is 2.32. The highest BCUT2D eigenvalue weighted by molar-refractivity contribution is 7.92. The number of hydrogen-bond acceptors (Lipinski definition) is 4. The first-order valence-electron chi connectivity index (χ1n) is 11.8. The van der Waals surface area contributed by atoms with Crippen molar-refractivity contribution in [1.29, 1.82) is 0 Å². The Bertz CT molecular complexity index is 1420. The fraction of sp³-hybridized carbons (Fsp3) is 0.259. The molecule has 7 nitrogen and oxygen atoms in total. The molecule has 3 aromatic rings. The van der Waals surface area contributed by atoms with E-state index >= 15 is 0 Å². The molecule has 0 saturated heterocycles. The minimum atomic E-state index is -4.17. The van der Waals surface area contributed by atoms with E-state index in [9.17, 15) is 18.0 Å². The molecular formula is C27H28Cl3N3O4S. The van der Waals surface area contributed by atoms with Gasteiger partial charge in [0.2, 0.25) is 11.8 Å². The van der Waals surface area contributed by atoms with E-state index in [1.54, 1.807) is 50.2 Å². The van der Waals surface area contributed by atoms with Gasteiger partial charge in [-0.2, -0.15) is 0 Å². The maximum atomic E-state index is 13.8. The van der Waals surface area contributed by atoms with Crippen LogP contribution in [0.4, 0.5) is 5.69 Å². The Balaban J connectivity index is 2.04. The molecule has 0 radical (unpaired) electrons. The van der Waals surface area contributed by atoms with Gasteiger partial charge < -0.3 is 10.2 Å². The molecule has 0 aromatic heterocycles. The smallest absolute Gasteiger partial charge is 0.264 e. The zero-order valence-electron chi connectivity index (χ0n) is 21.1. The number of carbonyl (C=O) groups excluding carboxylic acids is 2. The summed E-state index contributed by atoms with van der Waals surface area (Å²) in [6.07, 6.45) is 0. The number of carbonyl (C=O) groups is 2. The normalized spacial score (nSPS) is 12.1. The molecule has 0 fully saturated rings. The van der Waals surface area contributed by atoms with Crippen LogP contribution in [0.2, 0.25) is 15.1 Å². The molecule has 3 aromatic carbocycles. The van der Waals surface area contributed by atoms with Crippen molar-refractivity contribution >= 4 is 62.3 Å². The minimum absolute atomic E-state index is 0.0106. The Morgan fingerprint density at radius 1 is 0.947 bits per heavy atom. The number of hydrogen-bond donors (Lipinski definition) is 1. The number of nitrogens with one attached hydrogen (secondary N) is 1. The molecule has 0 bridgehead atoms. The summed E-state index contributed by atoms with van der Waals surface area (Å²) in [7, 11) is -4.17. The summed E-state index contributed by atoms with van der Waals surface area (Å²) in [4.78, 5) is 27.9. The van der Waals surface area contributed by atoms with Gasteiger partial charge in [-0.1, -0.05) is 53.0 Å². The van der Waals surface area contributed by atoms with Gasteiger partial charge in [0, 0.05) is 18.1 Å². The number of aryl methyl sites for hydroxylation is 1. The lowest BCUT2D eigenvalue weighted by Gasteiger charge is -2.32. The SMILES string of the molecule is CCNC(=O)[C@@H](C)N(Cc1ccc(Cl)c(Cl)c1)C(=O)CN(c1cccc(C)c1)S(=O)(=O)c1ccc(Cl)cc1. The molecular weight excluding hydrogens is 569 g/mol. The van der Waals surface area contributed by atoms with Gasteiger partial charge in [0.15, 0.2) is 0 Å². The van der Waals surface area contributed by atoms with Crippen LogP contribution >= 0.6 is 34.8 Å². The predicted molar refractivity (Wildman–Crippen MR) is 152 cm³/mol. The summed E-state index contributed by atoms with van der Waals surface area (Å²) in [6.45, 7) is 5.03. The fourth-order valence-corrected chi connectivity index (χ4v) is 5.64. The van der Waals surface area contributed by atoms with Gasteiger partial charge in [-0.25, -0.2) is 8.42 Å². The van der Waals surface area contributed by atoms with Gasteiger partial charge in [-0.3, -0.25) is 13.9 Å². The largest absolute Gasteiger partial charge is 0.355 e. The van der Waals surface area contributed by atoms with Crippen molar-refractivity contribution in [2.75, 3.05) is 17.4 Å². The standard InChI is InChI=1S/C27H28Cl3N3O4S/c1-4-31-27(35)19(3)32(16-20-8-13-24(29)25(30)15-20)26(34)17-33(22-7-5-6-18(2)14-22)38(36,37)23-11-9-21(28)10-12-23/h5-15,19H,4,16-17H2,1-3H3,(H,31,35)/t19-/m1/s1. The van der Waals surface area contributed by atoms with Crippen molar-refractivity contribution in [3.05, 3.63) is 92.9 Å². The maximum absolute atomic E-state index is 13.8. The Morgan fingerprint density at radius 3 is 2.24 bits per heavy atom. The number of nitrogens with zero attached hydrogens (tertiary/aromatic N) is 2. The van der Waals surface area contributed by atoms with Crippen molar-refractivity contribution in [1.82, 2.24) is 10.2 Å². The van der Waals surface area contributed by atoms with E-state index in [4.69, 9.17) is 34.8 Å². The lowest BCUT2D eigenvalue weighted by atomic mass is 10.1. The summed E-state index contributed by atoms with van der Waals surface area (Å²) in [5.74, 6) is -0.947. The van der Waals surface area contributed by atoms with E-state index in [1.165, 1.54) is 29.2 Å². The summed E-state index contributed by atoms with van der Waals surface area (Å²) >= 11 is 18.2. The van der Waals surface area contributed by atoms with Crippen LogP contribution in [0.25, 0.3) is 0 Å². The van der Waals surface area contributed by atoms with E-state index in [0.29, 0.717) is 32.9 Å². The summed E-state index contributed by atoms with van der Waals surface area (Å²) < 4.78 is 28.6. The molecule has 2 amide bonds. The Morgan fingerprint density at radius 2 is 1.63 bits per heavy atom. The van der Waals surface area contributed by atoms with Crippen molar-refractivity contribution in [3.8, 4) is 0 Å². The van der Waals surface area contributed by atoms with Crippen LogP contribution in [0.5, 0.6) is 0 Å². The van der Waals surface area contributed by atoms with Crippen LogP contribution in [0.15, 0.2) is 71.6 Å². The molecule has 0 spiro atoms. The number of sulfonamides is 1. The molecule has 11 heteroatoms. The first kappa shape index (κ1) is 29.8. The van der Waals surface area contributed by atoms with Gasteiger partial charge >= 0.3 is 0 Å². The predicted octanol–water partition coefficient (Wildman–Crippen LogP) is 5.70. The Labute approximate surface area is 238 Å². The monoisotopic (exact) mass is 595 g/mol. The average molecular weight is 597 g/mol. The van der Waals surface area contributed by atoms with Crippen LogP contribution in [0, 0.1) is 6.92 Å². The third-order valence-electron chi connectivity index (χ3n) is 5.83. The topological polar surface area (TPSA) is 86.8 Å².